The second kappa shape index (κ2) is 11.7. The standard InChI is InChI=1S/C24H36NOP.2ClH.Ti/c1-16-11-10-12-17(15-25(8)9)22(16)27-20-14-18(23(2,3)4)13-19(21(20)26)24(5,6)7;;;/h10-14,26-27H,15H2,1-9H3;2*1H;/q;;;+2/p-2. The summed E-state index contributed by atoms with van der Waals surface area (Å²) in [5, 5.41) is 13.5. The van der Waals surface area contributed by atoms with Crippen molar-refractivity contribution in [3.63, 3.8) is 0 Å². The van der Waals surface area contributed by atoms with Gasteiger partial charge in [0.2, 0.25) is 0 Å². The first-order chi connectivity index (χ1) is 13.7. The van der Waals surface area contributed by atoms with Crippen LogP contribution in [0.25, 0.3) is 0 Å². The monoisotopic (exact) mass is 503 g/mol. The summed E-state index contributed by atoms with van der Waals surface area (Å²) in [7, 11) is 14.4. The molecule has 30 heavy (non-hydrogen) atoms. The minimum atomic E-state index is -0.556. The summed E-state index contributed by atoms with van der Waals surface area (Å²) in [5.41, 5.74) is 4.92. The van der Waals surface area contributed by atoms with Crippen molar-refractivity contribution in [2.45, 2.75) is 65.8 Å². The van der Waals surface area contributed by atoms with Crippen LogP contribution in [0, 0.1) is 6.92 Å². The summed E-state index contributed by atoms with van der Waals surface area (Å²) in [5.74, 6) is 0.466. The number of halogens is 2. The number of aryl methyl sites for hydroxylation is 1. The molecule has 0 saturated carbocycles. The second-order valence-electron chi connectivity index (χ2n) is 9.96. The van der Waals surface area contributed by atoms with Crippen LogP contribution < -0.4 is 10.6 Å². The minimum absolute atomic E-state index is 0.0468. The van der Waals surface area contributed by atoms with E-state index in [0.29, 0.717) is 14.3 Å². The number of aromatic hydroxyl groups is 1. The molecule has 0 aliphatic heterocycles. The zero-order valence-electron chi connectivity index (χ0n) is 19.7. The predicted octanol–water partition coefficient (Wildman–Crippen LogP) is 6.36. The van der Waals surface area contributed by atoms with E-state index in [1.165, 1.54) is 22.0 Å². The molecule has 0 radical (unpaired) electrons. The van der Waals surface area contributed by atoms with E-state index in [1.54, 1.807) is 0 Å². The number of benzene rings is 2. The molecule has 0 aromatic heterocycles. The Kier molecular flexibility index (Phi) is 10.9. The summed E-state index contributed by atoms with van der Waals surface area (Å²) >= 11 is -0.556. The van der Waals surface area contributed by atoms with Crippen LogP contribution in [0.15, 0.2) is 30.3 Å². The van der Waals surface area contributed by atoms with Crippen molar-refractivity contribution in [2.75, 3.05) is 14.1 Å². The van der Waals surface area contributed by atoms with Gasteiger partial charge >= 0.3 is 35.6 Å². The number of hydrogen-bond acceptors (Lipinski definition) is 2. The molecule has 0 aliphatic carbocycles. The molecule has 0 saturated heterocycles. The third-order valence-corrected chi connectivity index (χ3v) is 6.51. The van der Waals surface area contributed by atoms with E-state index >= 15 is 0 Å². The van der Waals surface area contributed by atoms with Crippen molar-refractivity contribution in [3.8, 4) is 5.75 Å². The Labute approximate surface area is 202 Å². The molecule has 2 rings (SSSR count). The molecule has 2 nitrogen and oxygen atoms in total. The zero-order valence-corrected chi connectivity index (χ0v) is 23.8. The van der Waals surface area contributed by atoms with Gasteiger partial charge in [-0.1, -0.05) is 74.4 Å². The fourth-order valence-electron chi connectivity index (χ4n) is 3.25. The Bertz CT molecular complexity index is 842. The van der Waals surface area contributed by atoms with Crippen molar-refractivity contribution < 1.29 is 22.1 Å². The molecule has 0 amide bonds. The Hall–Kier alpha value is -0.0757. The van der Waals surface area contributed by atoms with Crippen LogP contribution in [0.3, 0.4) is 0 Å². The summed E-state index contributed by atoms with van der Waals surface area (Å²) in [6.07, 6.45) is 0. The van der Waals surface area contributed by atoms with Crippen LogP contribution in [0.4, 0.5) is 0 Å². The SMILES string of the molecule is Cc1cccc(CN(C)C)c1Pc1cc(C(C)(C)C)cc(C(C)(C)C)c1O.[Cl][Ti][Cl]. The van der Waals surface area contributed by atoms with Crippen LogP contribution in [-0.2, 0) is 34.4 Å². The van der Waals surface area contributed by atoms with Crippen LogP contribution in [0.1, 0.15) is 63.8 Å². The number of phenolic OH excluding ortho intramolecular Hbond substituents is 1. The molecule has 0 spiro atoms. The van der Waals surface area contributed by atoms with E-state index in [-0.39, 0.29) is 10.8 Å². The van der Waals surface area contributed by atoms with Gasteiger partial charge in [-0.3, -0.25) is 0 Å². The van der Waals surface area contributed by atoms with Crippen molar-refractivity contribution >= 4 is 37.8 Å². The molecule has 0 heterocycles. The van der Waals surface area contributed by atoms with E-state index in [1.807, 2.05) is 0 Å². The number of hydrogen-bond donors (Lipinski definition) is 1. The Balaban J connectivity index is 0.00000141. The van der Waals surface area contributed by atoms with Gasteiger partial charge in [-0.15, -0.1) is 0 Å². The van der Waals surface area contributed by atoms with Gasteiger partial charge in [0.05, 0.1) is 0 Å². The van der Waals surface area contributed by atoms with Crippen LogP contribution >= 0.6 is 27.2 Å². The van der Waals surface area contributed by atoms with Gasteiger partial charge in [0, 0.05) is 17.4 Å². The third-order valence-electron chi connectivity index (χ3n) is 4.89. The molecule has 166 valence electrons. The first-order valence-electron chi connectivity index (χ1n) is 10.1. The molecule has 1 unspecified atom stereocenters. The molecule has 1 N–H and O–H groups in total. The van der Waals surface area contributed by atoms with E-state index in [4.69, 9.17) is 18.6 Å². The molecule has 0 bridgehead atoms. The fourth-order valence-corrected chi connectivity index (χ4v) is 4.60. The molecule has 6 heteroatoms. The molecule has 0 fully saturated rings. The van der Waals surface area contributed by atoms with E-state index in [2.05, 4.69) is 97.8 Å². The summed E-state index contributed by atoms with van der Waals surface area (Å²) in [4.78, 5) is 2.20. The van der Waals surface area contributed by atoms with Crippen molar-refractivity contribution in [1.82, 2.24) is 4.90 Å². The first-order valence-corrected chi connectivity index (χ1v) is 15.4. The number of rotatable bonds is 4. The number of nitrogens with zero attached hydrogens (tertiary/aromatic N) is 1. The van der Waals surface area contributed by atoms with Gasteiger partial charge in [0.1, 0.15) is 5.75 Å². The normalized spacial score (nSPS) is 12.3. The maximum atomic E-state index is 11.1. The molecule has 1 atom stereocenters. The number of phenols is 1. The Morgan fingerprint density at radius 3 is 2.03 bits per heavy atom. The van der Waals surface area contributed by atoms with Gasteiger partial charge in [-0.25, -0.2) is 0 Å². The van der Waals surface area contributed by atoms with E-state index in [0.717, 1.165) is 17.4 Å². The van der Waals surface area contributed by atoms with Crippen LogP contribution in [-0.4, -0.2) is 24.1 Å². The summed E-state index contributed by atoms with van der Waals surface area (Å²) < 4.78 is 0. The van der Waals surface area contributed by atoms with Crippen LogP contribution in [0.2, 0.25) is 0 Å². The zero-order chi connectivity index (χ0) is 23.3. The molecule has 0 aliphatic rings. The fraction of sp³-hybridized carbons (Fsp3) is 0.500. The van der Waals surface area contributed by atoms with Crippen LogP contribution in [0.5, 0.6) is 5.75 Å². The van der Waals surface area contributed by atoms with Gasteiger partial charge in [0.15, 0.2) is 0 Å². The molecular formula is C24H36Cl2NOPTi. The second-order valence-corrected chi connectivity index (χ2v) is 13.8. The topological polar surface area (TPSA) is 23.5 Å². The average molecular weight is 504 g/mol. The molecule has 2 aromatic carbocycles. The Morgan fingerprint density at radius 2 is 1.57 bits per heavy atom. The first kappa shape index (κ1) is 28.0. The van der Waals surface area contributed by atoms with Gasteiger partial charge in [-0.05, 0) is 59.9 Å². The third kappa shape index (κ3) is 8.12. The quantitative estimate of drug-likeness (QED) is 0.387. The predicted molar refractivity (Wildman–Crippen MR) is 133 cm³/mol. The summed E-state index contributed by atoms with van der Waals surface area (Å²) in [6, 6.07) is 10.9. The van der Waals surface area contributed by atoms with Gasteiger partial charge in [0.25, 0.3) is 0 Å². The van der Waals surface area contributed by atoms with Crippen molar-refractivity contribution in [2.24, 2.45) is 0 Å². The average Bonchev–Trinajstić information content (AvgIpc) is 2.57. The van der Waals surface area contributed by atoms with Gasteiger partial charge < -0.3 is 10.0 Å². The van der Waals surface area contributed by atoms with Crippen molar-refractivity contribution in [1.29, 1.82) is 0 Å². The molecule has 2 aromatic rings. The maximum absolute atomic E-state index is 11.1. The van der Waals surface area contributed by atoms with Gasteiger partial charge in [-0.2, -0.15) is 0 Å². The van der Waals surface area contributed by atoms with Crippen molar-refractivity contribution in [3.05, 3.63) is 52.6 Å². The van der Waals surface area contributed by atoms with E-state index in [9.17, 15) is 5.11 Å². The van der Waals surface area contributed by atoms with E-state index < -0.39 is 17.0 Å². The summed E-state index contributed by atoms with van der Waals surface area (Å²) in [6.45, 7) is 16.3. The Morgan fingerprint density at radius 1 is 1.00 bits per heavy atom. The molecular weight excluding hydrogens is 468 g/mol.